The van der Waals surface area contributed by atoms with Crippen molar-refractivity contribution in [3.05, 3.63) is 29.8 Å². The number of hydrogen-bond acceptors (Lipinski definition) is 3. The number of nitriles is 1. The molecule has 3 heteroatoms. The number of hydrogen-bond donors (Lipinski definition) is 1. The zero-order valence-electron chi connectivity index (χ0n) is 9.86. The van der Waals surface area contributed by atoms with E-state index in [9.17, 15) is 0 Å². The van der Waals surface area contributed by atoms with Gasteiger partial charge < -0.3 is 10.1 Å². The van der Waals surface area contributed by atoms with Gasteiger partial charge in [0.2, 0.25) is 0 Å². The lowest BCUT2D eigenvalue weighted by Gasteiger charge is -2.08. The first-order valence-electron chi connectivity index (χ1n) is 5.54. The fourth-order valence-electron chi connectivity index (χ4n) is 1.29. The van der Waals surface area contributed by atoms with E-state index in [4.69, 9.17) is 10.00 Å². The van der Waals surface area contributed by atoms with Crippen molar-refractivity contribution in [3.8, 4) is 6.07 Å². The summed E-state index contributed by atoms with van der Waals surface area (Å²) in [5.41, 5.74) is 1.64. The van der Waals surface area contributed by atoms with Crippen LogP contribution in [0.3, 0.4) is 0 Å². The highest BCUT2D eigenvalue weighted by Crippen LogP contribution is 2.08. The molecule has 0 saturated carbocycles. The van der Waals surface area contributed by atoms with Crippen molar-refractivity contribution in [2.75, 3.05) is 25.1 Å². The molecule has 1 aromatic carbocycles. The van der Waals surface area contributed by atoms with Gasteiger partial charge in [-0.1, -0.05) is 19.9 Å². The SMILES string of the molecule is CC(C)COCCNc1cccc(C#N)c1. The largest absolute Gasteiger partial charge is 0.383 e. The third kappa shape index (κ3) is 4.81. The predicted octanol–water partition coefficient (Wildman–Crippen LogP) is 2.64. The number of nitrogens with one attached hydrogen (secondary N) is 1. The Kier molecular flexibility index (Phi) is 5.38. The van der Waals surface area contributed by atoms with Crippen LogP contribution in [0.1, 0.15) is 19.4 Å². The Labute approximate surface area is 97.0 Å². The van der Waals surface area contributed by atoms with E-state index in [2.05, 4.69) is 25.2 Å². The van der Waals surface area contributed by atoms with E-state index in [0.29, 0.717) is 18.1 Å². The van der Waals surface area contributed by atoms with Crippen molar-refractivity contribution < 1.29 is 4.74 Å². The summed E-state index contributed by atoms with van der Waals surface area (Å²) in [6, 6.07) is 9.56. The number of anilines is 1. The number of benzene rings is 1. The molecule has 0 aliphatic heterocycles. The summed E-state index contributed by atoms with van der Waals surface area (Å²) in [4.78, 5) is 0. The molecule has 0 aromatic heterocycles. The van der Waals surface area contributed by atoms with E-state index >= 15 is 0 Å². The second kappa shape index (κ2) is 6.86. The van der Waals surface area contributed by atoms with Gasteiger partial charge in [-0.2, -0.15) is 5.26 Å². The van der Waals surface area contributed by atoms with Crippen LogP contribution in [0.25, 0.3) is 0 Å². The summed E-state index contributed by atoms with van der Waals surface area (Å²) >= 11 is 0. The third-order valence-electron chi connectivity index (χ3n) is 2.02. The molecule has 0 atom stereocenters. The number of ether oxygens (including phenoxy) is 1. The molecule has 0 amide bonds. The number of rotatable bonds is 6. The molecule has 1 N–H and O–H groups in total. The van der Waals surface area contributed by atoms with Crippen LogP contribution in [0.2, 0.25) is 0 Å². The van der Waals surface area contributed by atoms with Crippen molar-refractivity contribution in [3.63, 3.8) is 0 Å². The average Bonchev–Trinajstić information content (AvgIpc) is 2.28. The van der Waals surface area contributed by atoms with Crippen molar-refractivity contribution in [1.82, 2.24) is 0 Å². The molecule has 3 nitrogen and oxygen atoms in total. The van der Waals surface area contributed by atoms with E-state index in [0.717, 1.165) is 18.8 Å². The second-order valence-corrected chi connectivity index (χ2v) is 4.09. The first kappa shape index (κ1) is 12.5. The Hall–Kier alpha value is -1.53. The van der Waals surface area contributed by atoms with Gasteiger partial charge in [0.25, 0.3) is 0 Å². The van der Waals surface area contributed by atoms with Crippen molar-refractivity contribution >= 4 is 5.69 Å². The van der Waals surface area contributed by atoms with Gasteiger partial charge in [0, 0.05) is 18.8 Å². The Balaban J connectivity index is 2.24. The maximum atomic E-state index is 8.73. The molecule has 0 fully saturated rings. The van der Waals surface area contributed by atoms with Gasteiger partial charge in [0.15, 0.2) is 0 Å². The summed E-state index contributed by atoms with van der Waals surface area (Å²) in [6.45, 7) is 6.50. The maximum Gasteiger partial charge on any atom is 0.0992 e. The van der Waals surface area contributed by atoms with E-state index in [1.54, 1.807) is 6.07 Å². The van der Waals surface area contributed by atoms with Crippen molar-refractivity contribution in [2.24, 2.45) is 5.92 Å². The molecule has 86 valence electrons. The van der Waals surface area contributed by atoms with Gasteiger partial charge in [-0.05, 0) is 24.1 Å². The predicted molar refractivity (Wildman–Crippen MR) is 65.3 cm³/mol. The third-order valence-corrected chi connectivity index (χ3v) is 2.02. The Morgan fingerprint density at radius 2 is 2.25 bits per heavy atom. The first-order valence-corrected chi connectivity index (χ1v) is 5.54. The fourth-order valence-corrected chi connectivity index (χ4v) is 1.29. The minimum Gasteiger partial charge on any atom is -0.383 e. The topological polar surface area (TPSA) is 45.0 Å². The van der Waals surface area contributed by atoms with Gasteiger partial charge in [0.1, 0.15) is 0 Å². The quantitative estimate of drug-likeness (QED) is 0.746. The molecule has 0 bridgehead atoms. The highest BCUT2D eigenvalue weighted by Gasteiger charge is 1.95. The van der Waals surface area contributed by atoms with Crippen LogP contribution >= 0.6 is 0 Å². The van der Waals surface area contributed by atoms with Gasteiger partial charge in [-0.25, -0.2) is 0 Å². The molecule has 0 saturated heterocycles. The highest BCUT2D eigenvalue weighted by molar-refractivity contribution is 5.48. The van der Waals surface area contributed by atoms with Crippen LogP contribution in [-0.2, 0) is 4.74 Å². The molecule has 0 unspecified atom stereocenters. The lowest BCUT2D eigenvalue weighted by Crippen LogP contribution is -2.12. The summed E-state index contributed by atoms with van der Waals surface area (Å²) < 4.78 is 5.45. The molecule has 0 spiro atoms. The van der Waals surface area contributed by atoms with Crippen LogP contribution in [0.4, 0.5) is 5.69 Å². The molecule has 16 heavy (non-hydrogen) atoms. The van der Waals surface area contributed by atoms with Crippen LogP contribution in [0, 0.1) is 17.2 Å². The van der Waals surface area contributed by atoms with Gasteiger partial charge >= 0.3 is 0 Å². The molecule has 0 aliphatic rings. The number of nitrogens with zero attached hydrogens (tertiary/aromatic N) is 1. The van der Waals surface area contributed by atoms with Crippen molar-refractivity contribution in [1.29, 1.82) is 5.26 Å². The average molecular weight is 218 g/mol. The zero-order valence-corrected chi connectivity index (χ0v) is 9.86. The standard InChI is InChI=1S/C13H18N2O/c1-11(2)10-16-7-6-15-13-5-3-4-12(8-13)9-14/h3-5,8,11,15H,6-7,10H2,1-2H3. The van der Waals surface area contributed by atoms with Crippen LogP contribution < -0.4 is 5.32 Å². The van der Waals surface area contributed by atoms with Gasteiger partial charge in [-0.3, -0.25) is 0 Å². The Morgan fingerprint density at radius 3 is 2.94 bits per heavy atom. The normalized spacial score (nSPS) is 10.1. The minimum atomic E-state index is 0.571. The molecule has 0 heterocycles. The summed E-state index contributed by atoms with van der Waals surface area (Å²) in [6.07, 6.45) is 0. The smallest absolute Gasteiger partial charge is 0.0992 e. The lowest BCUT2D eigenvalue weighted by atomic mass is 10.2. The molecular weight excluding hydrogens is 200 g/mol. The van der Waals surface area contributed by atoms with Crippen LogP contribution in [-0.4, -0.2) is 19.8 Å². The van der Waals surface area contributed by atoms with Crippen molar-refractivity contribution in [2.45, 2.75) is 13.8 Å². The molecule has 0 aliphatic carbocycles. The van der Waals surface area contributed by atoms with E-state index in [1.807, 2.05) is 18.2 Å². The van der Waals surface area contributed by atoms with E-state index in [1.165, 1.54) is 0 Å². The van der Waals surface area contributed by atoms with Crippen LogP contribution in [0.15, 0.2) is 24.3 Å². The minimum absolute atomic E-state index is 0.571. The highest BCUT2D eigenvalue weighted by atomic mass is 16.5. The molecule has 0 radical (unpaired) electrons. The molecular formula is C13H18N2O. The maximum absolute atomic E-state index is 8.73. The zero-order chi connectivity index (χ0) is 11.8. The van der Waals surface area contributed by atoms with Crippen LogP contribution in [0.5, 0.6) is 0 Å². The first-order chi connectivity index (χ1) is 7.72. The Bertz CT molecular complexity index is 355. The second-order valence-electron chi connectivity index (χ2n) is 4.09. The molecule has 1 aromatic rings. The monoisotopic (exact) mass is 218 g/mol. The van der Waals surface area contributed by atoms with Gasteiger partial charge in [0.05, 0.1) is 18.2 Å². The summed E-state index contributed by atoms with van der Waals surface area (Å²) in [5, 5.41) is 11.9. The van der Waals surface area contributed by atoms with Gasteiger partial charge in [-0.15, -0.1) is 0 Å². The van der Waals surface area contributed by atoms with E-state index < -0.39 is 0 Å². The summed E-state index contributed by atoms with van der Waals surface area (Å²) in [5.74, 6) is 0.571. The summed E-state index contributed by atoms with van der Waals surface area (Å²) in [7, 11) is 0. The molecule has 1 rings (SSSR count). The fraction of sp³-hybridized carbons (Fsp3) is 0.462. The Morgan fingerprint density at radius 1 is 1.44 bits per heavy atom. The van der Waals surface area contributed by atoms with E-state index in [-0.39, 0.29) is 0 Å². The lowest BCUT2D eigenvalue weighted by molar-refractivity contribution is 0.118.